The van der Waals surface area contributed by atoms with Crippen molar-refractivity contribution in [1.82, 2.24) is 20.3 Å². The van der Waals surface area contributed by atoms with Crippen LogP contribution in [0.3, 0.4) is 0 Å². The molecule has 168 valence electrons. The van der Waals surface area contributed by atoms with Crippen LogP contribution in [0.25, 0.3) is 11.3 Å². The number of carbonyl (C=O) groups is 1. The molecule has 1 amide bonds. The summed E-state index contributed by atoms with van der Waals surface area (Å²) in [6.45, 7) is 1.71. The highest BCUT2D eigenvalue weighted by Gasteiger charge is 2.17. The van der Waals surface area contributed by atoms with Crippen molar-refractivity contribution in [2.24, 2.45) is 0 Å². The number of ether oxygens (including phenoxy) is 1. The van der Waals surface area contributed by atoms with Crippen molar-refractivity contribution in [2.45, 2.75) is 13.0 Å². The van der Waals surface area contributed by atoms with E-state index in [4.69, 9.17) is 4.74 Å². The summed E-state index contributed by atoms with van der Waals surface area (Å²) in [6.07, 6.45) is 3.46. The number of H-pyrrole nitrogens is 1. The molecule has 0 spiro atoms. The molecule has 4 rings (SSSR count). The second-order valence-corrected chi connectivity index (χ2v) is 7.50. The van der Waals surface area contributed by atoms with Crippen molar-refractivity contribution in [3.63, 3.8) is 0 Å². The summed E-state index contributed by atoms with van der Waals surface area (Å²) >= 11 is 0. The van der Waals surface area contributed by atoms with Gasteiger partial charge in [-0.3, -0.25) is 4.79 Å². The Labute approximate surface area is 191 Å². The van der Waals surface area contributed by atoms with Gasteiger partial charge in [0.1, 0.15) is 11.4 Å². The normalized spacial score (nSPS) is 11.6. The van der Waals surface area contributed by atoms with Crippen LogP contribution in [0.4, 0.5) is 11.6 Å². The number of nitrogens with one attached hydrogen (secondary N) is 3. The lowest BCUT2D eigenvalue weighted by molar-refractivity contribution is 0.0912. The Morgan fingerprint density at radius 2 is 1.97 bits per heavy atom. The number of nitrogens with zero attached hydrogens (tertiary/aromatic N) is 2. The molecule has 2 aromatic heterocycles. The zero-order chi connectivity index (χ0) is 23.2. The van der Waals surface area contributed by atoms with E-state index in [9.17, 15) is 9.90 Å². The number of benzene rings is 2. The number of hydrogen-bond donors (Lipinski definition) is 4. The fourth-order valence-corrected chi connectivity index (χ4v) is 3.44. The van der Waals surface area contributed by atoms with E-state index in [1.807, 2.05) is 61.5 Å². The Balaban J connectivity index is 1.52. The fourth-order valence-electron chi connectivity index (χ4n) is 3.44. The third-order valence-corrected chi connectivity index (χ3v) is 5.19. The topological polar surface area (TPSA) is 112 Å². The molecule has 4 N–H and O–H groups in total. The Hall–Kier alpha value is -4.17. The summed E-state index contributed by atoms with van der Waals surface area (Å²) in [6, 6.07) is 18.1. The van der Waals surface area contributed by atoms with Gasteiger partial charge in [-0.25, -0.2) is 9.97 Å². The minimum atomic E-state index is -0.495. The predicted octanol–water partition coefficient (Wildman–Crippen LogP) is 4.00. The Bertz CT molecular complexity index is 1240. The minimum Gasteiger partial charge on any atom is -0.497 e. The van der Waals surface area contributed by atoms with Crippen LogP contribution in [0.5, 0.6) is 5.75 Å². The first-order valence-electron chi connectivity index (χ1n) is 10.5. The number of aryl methyl sites for hydroxylation is 1. The maximum atomic E-state index is 12.8. The molecule has 8 nitrogen and oxygen atoms in total. The van der Waals surface area contributed by atoms with Gasteiger partial charge >= 0.3 is 0 Å². The highest BCUT2D eigenvalue weighted by atomic mass is 16.5. The summed E-state index contributed by atoms with van der Waals surface area (Å²) < 4.78 is 5.26. The van der Waals surface area contributed by atoms with Gasteiger partial charge in [-0.05, 0) is 36.2 Å². The van der Waals surface area contributed by atoms with Gasteiger partial charge in [0.2, 0.25) is 5.95 Å². The van der Waals surface area contributed by atoms with Gasteiger partial charge in [-0.15, -0.1) is 0 Å². The number of hydrogen-bond acceptors (Lipinski definition) is 6. The molecular formula is C25H25N5O3. The number of methoxy groups -OCH3 is 1. The lowest BCUT2D eigenvalue weighted by atomic mass is 10.1. The molecule has 8 heteroatoms. The highest BCUT2D eigenvalue weighted by Crippen LogP contribution is 2.25. The zero-order valence-corrected chi connectivity index (χ0v) is 18.4. The van der Waals surface area contributed by atoms with E-state index >= 15 is 0 Å². The molecule has 4 aromatic rings. The summed E-state index contributed by atoms with van der Waals surface area (Å²) in [7, 11) is 1.61. The summed E-state index contributed by atoms with van der Waals surface area (Å²) in [5.41, 5.74) is 4.34. The minimum absolute atomic E-state index is 0.201. The Kier molecular flexibility index (Phi) is 6.66. The predicted molar refractivity (Wildman–Crippen MR) is 127 cm³/mol. The molecule has 0 aliphatic carbocycles. The number of anilines is 2. The van der Waals surface area contributed by atoms with E-state index in [1.54, 1.807) is 25.6 Å². The van der Waals surface area contributed by atoms with Gasteiger partial charge in [-0.1, -0.05) is 36.4 Å². The number of carbonyl (C=O) groups excluding carboxylic acids is 1. The summed E-state index contributed by atoms with van der Waals surface area (Å²) in [4.78, 5) is 24.8. The van der Waals surface area contributed by atoms with E-state index in [1.165, 1.54) is 0 Å². The van der Waals surface area contributed by atoms with Crippen molar-refractivity contribution in [2.75, 3.05) is 19.0 Å². The molecule has 2 aromatic carbocycles. The van der Waals surface area contributed by atoms with Gasteiger partial charge in [0.25, 0.3) is 5.91 Å². The SMILES string of the molecule is COc1cccc(Nc2ncc(C)c(-c3c[nH]c(C(=O)NC(CO)c4ccccc4)c3)n2)c1. The molecule has 0 radical (unpaired) electrons. The van der Waals surface area contributed by atoms with Crippen LogP contribution in [0.2, 0.25) is 0 Å². The molecule has 0 saturated carbocycles. The standard InChI is InChI=1S/C25H25N5O3/c1-16-13-27-25(28-19-9-6-10-20(12-19)33-2)30-23(16)18-11-21(26-14-18)24(32)29-22(15-31)17-7-4-3-5-8-17/h3-14,22,26,31H,15H2,1-2H3,(H,29,32)(H,27,28,30). The Morgan fingerprint density at radius 1 is 1.15 bits per heavy atom. The van der Waals surface area contributed by atoms with E-state index in [-0.39, 0.29) is 12.5 Å². The molecular weight excluding hydrogens is 418 g/mol. The lowest BCUT2D eigenvalue weighted by Gasteiger charge is -2.16. The Morgan fingerprint density at radius 3 is 2.73 bits per heavy atom. The van der Waals surface area contributed by atoms with Gasteiger partial charge < -0.3 is 25.5 Å². The smallest absolute Gasteiger partial charge is 0.268 e. The second-order valence-electron chi connectivity index (χ2n) is 7.50. The molecule has 1 atom stereocenters. The quantitative estimate of drug-likeness (QED) is 0.328. The largest absolute Gasteiger partial charge is 0.497 e. The van der Waals surface area contributed by atoms with Crippen molar-refractivity contribution >= 4 is 17.5 Å². The van der Waals surface area contributed by atoms with Crippen LogP contribution in [0, 0.1) is 6.92 Å². The molecule has 0 saturated heterocycles. The number of amides is 1. The van der Waals surface area contributed by atoms with Gasteiger partial charge in [0.15, 0.2) is 0 Å². The molecule has 0 bridgehead atoms. The molecule has 0 fully saturated rings. The average Bonchev–Trinajstić information content (AvgIpc) is 3.34. The number of rotatable bonds is 8. The lowest BCUT2D eigenvalue weighted by Crippen LogP contribution is -2.30. The van der Waals surface area contributed by atoms with Crippen LogP contribution >= 0.6 is 0 Å². The molecule has 0 aliphatic heterocycles. The van der Waals surface area contributed by atoms with Crippen LogP contribution in [0.1, 0.15) is 27.7 Å². The highest BCUT2D eigenvalue weighted by molar-refractivity contribution is 5.94. The van der Waals surface area contributed by atoms with Crippen molar-refractivity contribution in [3.8, 4) is 17.0 Å². The van der Waals surface area contributed by atoms with Crippen molar-refractivity contribution in [1.29, 1.82) is 0 Å². The number of aromatic amines is 1. The fraction of sp³-hybridized carbons (Fsp3) is 0.160. The van der Waals surface area contributed by atoms with Crippen molar-refractivity contribution < 1.29 is 14.6 Å². The first-order valence-corrected chi connectivity index (χ1v) is 10.5. The molecule has 0 aliphatic rings. The third-order valence-electron chi connectivity index (χ3n) is 5.19. The van der Waals surface area contributed by atoms with Crippen LogP contribution in [-0.2, 0) is 0 Å². The molecule has 33 heavy (non-hydrogen) atoms. The first kappa shape index (κ1) is 22.0. The molecule has 1 unspecified atom stereocenters. The number of aliphatic hydroxyl groups is 1. The third kappa shape index (κ3) is 5.19. The zero-order valence-electron chi connectivity index (χ0n) is 18.4. The average molecular weight is 444 g/mol. The summed E-state index contributed by atoms with van der Waals surface area (Å²) in [5, 5.41) is 15.8. The second kappa shape index (κ2) is 9.97. The maximum Gasteiger partial charge on any atom is 0.268 e. The van der Waals surface area contributed by atoms with Gasteiger partial charge in [-0.2, -0.15) is 0 Å². The van der Waals surface area contributed by atoms with Gasteiger partial charge in [0.05, 0.1) is 25.5 Å². The summed E-state index contributed by atoms with van der Waals surface area (Å²) in [5.74, 6) is 0.844. The van der Waals surface area contributed by atoms with E-state index in [0.29, 0.717) is 17.3 Å². The van der Waals surface area contributed by atoms with Crippen LogP contribution < -0.4 is 15.4 Å². The van der Waals surface area contributed by atoms with Crippen LogP contribution in [-0.4, -0.2) is 39.7 Å². The maximum absolute atomic E-state index is 12.8. The number of aliphatic hydroxyl groups excluding tert-OH is 1. The van der Waals surface area contributed by atoms with Crippen LogP contribution in [0.15, 0.2) is 73.1 Å². The first-order chi connectivity index (χ1) is 16.1. The monoisotopic (exact) mass is 443 g/mol. The van der Waals surface area contributed by atoms with Gasteiger partial charge in [0, 0.05) is 29.7 Å². The van der Waals surface area contributed by atoms with E-state index in [0.717, 1.165) is 28.1 Å². The van der Waals surface area contributed by atoms with E-state index < -0.39 is 6.04 Å². The van der Waals surface area contributed by atoms with Crippen molar-refractivity contribution in [3.05, 3.63) is 89.9 Å². The number of aromatic nitrogens is 3. The molecule has 2 heterocycles. The van der Waals surface area contributed by atoms with E-state index in [2.05, 4.69) is 25.6 Å².